The van der Waals surface area contributed by atoms with Crippen LogP contribution in [-0.2, 0) is 0 Å². The van der Waals surface area contributed by atoms with Gasteiger partial charge in [-0.15, -0.1) is 0 Å². The van der Waals surface area contributed by atoms with Crippen molar-refractivity contribution >= 4 is 22.5 Å². The lowest BCUT2D eigenvalue weighted by Gasteiger charge is -2.08. The van der Waals surface area contributed by atoms with Crippen molar-refractivity contribution in [1.82, 2.24) is 4.98 Å². The van der Waals surface area contributed by atoms with Gasteiger partial charge in [0.25, 0.3) is 5.91 Å². The highest BCUT2D eigenvalue weighted by atomic mass is 16.5. The summed E-state index contributed by atoms with van der Waals surface area (Å²) in [6, 6.07) is 16.9. The van der Waals surface area contributed by atoms with Crippen LogP contribution in [0, 0.1) is 0 Å². The van der Waals surface area contributed by atoms with Crippen LogP contribution in [0.3, 0.4) is 0 Å². The first kappa shape index (κ1) is 12.3. The maximum Gasteiger partial charge on any atom is 0.272 e. The number of fused-ring (bicyclic) bond motifs is 1. The zero-order chi connectivity index (χ0) is 13.9. The monoisotopic (exact) mass is 266 g/mol. The molecule has 0 aliphatic rings. The van der Waals surface area contributed by atoms with E-state index < -0.39 is 0 Å². The van der Waals surface area contributed by atoms with Crippen LogP contribution in [-0.4, -0.2) is 18.0 Å². The van der Waals surface area contributed by atoms with Gasteiger partial charge in [-0.2, -0.15) is 0 Å². The lowest BCUT2D eigenvalue weighted by Crippen LogP contribution is -2.12. The van der Waals surface area contributed by atoms with E-state index in [2.05, 4.69) is 10.3 Å². The number of rotatable bonds is 3. The van der Waals surface area contributed by atoms with E-state index in [1.807, 2.05) is 42.5 Å². The Morgan fingerprint density at radius 3 is 2.65 bits per heavy atom. The molecule has 20 heavy (non-hydrogen) atoms. The van der Waals surface area contributed by atoms with E-state index in [-0.39, 0.29) is 5.91 Å². The van der Waals surface area contributed by atoms with Crippen molar-refractivity contribution in [2.75, 3.05) is 12.4 Å². The molecule has 0 atom stereocenters. The lowest BCUT2D eigenvalue weighted by atomic mass is 10.2. The fourth-order valence-corrected chi connectivity index (χ4v) is 2.13. The molecule has 0 unspecified atom stereocenters. The number of hydrogen-bond donors (Lipinski definition) is 2. The Morgan fingerprint density at radius 2 is 1.85 bits per heavy atom. The molecular formula is C16H14N2O2. The second-order valence-corrected chi connectivity index (χ2v) is 4.42. The molecule has 100 valence electrons. The van der Waals surface area contributed by atoms with Crippen molar-refractivity contribution in [2.45, 2.75) is 0 Å². The first-order chi connectivity index (χ1) is 9.78. The minimum atomic E-state index is -0.189. The summed E-state index contributed by atoms with van der Waals surface area (Å²) < 4.78 is 5.22. The van der Waals surface area contributed by atoms with E-state index >= 15 is 0 Å². The van der Waals surface area contributed by atoms with Gasteiger partial charge in [0.1, 0.15) is 11.4 Å². The van der Waals surface area contributed by atoms with Crippen LogP contribution in [0.5, 0.6) is 5.75 Å². The number of aromatic nitrogens is 1. The number of H-pyrrole nitrogens is 1. The number of anilines is 1. The number of methoxy groups -OCH3 is 1. The van der Waals surface area contributed by atoms with Gasteiger partial charge in [0.05, 0.1) is 12.8 Å². The van der Waals surface area contributed by atoms with Crippen LogP contribution in [0.15, 0.2) is 54.6 Å². The number of nitrogens with one attached hydrogen (secondary N) is 2. The van der Waals surface area contributed by atoms with E-state index in [1.165, 1.54) is 0 Å². The van der Waals surface area contributed by atoms with Crippen molar-refractivity contribution in [3.8, 4) is 5.75 Å². The predicted molar refractivity (Wildman–Crippen MR) is 79.2 cm³/mol. The summed E-state index contributed by atoms with van der Waals surface area (Å²) in [6.07, 6.45) is 0. The lowest BCUT2D eigenvalue weighted by molar-refractivity contribution is 0.102. The number of amides is 1. The molecule has 2 N–H and O–H groups in total. The van der Waals surface area contributed by atoms with Gasteiger partial charge < -0.3 is 15.0 Å². The molecule has 0 radical (unpaired) electrons. The first-order valence-electron chi connectivity index (χ1n) is 6.30. The molecule has 3 aromatic rings. The summed E-state index contributed by atoms with van der Waals surface area (Å²) in [7, 11) is 1.58. The van der Waals surface area contributed by atoms with Crippen LogP contribution in [0.2, 0.25) is 0 Å². The van der Waals surface area contributed by atoms with Crippen molar-refractivity contribution in [3.63, 3.8) is 0 Å². The molecule has 4 heteroatoms. The van der Waals surface area contributed by atoms with Crippen LogP contribution >= 0.6 is 0 Å². The third-order valence-electron chi connectivity index (χ3n) is 3.13. The summed E-state index contributed by atoms with van der Waals surface area (Å²) >= 11 is 0. The van der Waals surface area contributed by atoms with Crippen molar-refractivity contribution in [2.24, 2.45) is 0 Å². The number of para-hydroxylation sites is 3. The Balaban J connectivity index is 1.89. The van der Waals surface area contributed by atoms with Gasteiger partial charge in [0, 0.05) is 10.9 Å². The van der Waals surface area contributed by atoms with Crippen molar-refractivity contribution in [3.05, 3.63) is 60.3 Å². The molecule has 0 fully saturated rings. The zero-order valence-electron chi connectivity index (χ0n) is 11.0. The Morgan fingerprint density at radius 1 is 1.10 bits per heavy atom. The summed E-state index contributed by atoms with van der Waals surface area (Å²) in [5.74, 6) is 0.447. The minimum Gasteiger partial charge on any atom is -0.495 e. The van der Waals surface area contributed by atoms with Gasteiger partial charge in [0.15, 0.2) is 0 Å². The fourth-order valence-electron chi connectivity index (χ4n) is 2.13. The van der Waals surface area contributed by atoms with Gasteiger partial charge in [-0.3, -0.25) is 4.79 Å². The predicted octanol–water partition coefficient (Wildman–Crippen LogP) is 3.43. The minimum absolute atomic E-state index is 0.189. The molecule has 0 spiro atoms. The number of benzene rings is 2. The molecule has 0 saturated heterocycles. The summed E-state index contributed by atoms with van der Waals surface area (Å²) in [4.78, 5) is 15.4. The molecule has 3 rings (SSSR count). The summed E-state index contributed by atoms with van der Waals surface area (Å²) in [5, 5.41) is 3.86. The largest absolute Gasteiger partial charge is 0.495 e. The number of carbonyl (C=O) groups is 1. The van der Waals surface area contributed by atoms with E-state index in [9.17, 15) is 4.79 Å². The average molecular weight is 266 g/mol. The maximum atomic E-state index is 12.3. The van der Waals surface area contributed by atoms with Crippen molar-refractivity contribution in [1.29, 1.82) is 0 Å². The maximum absolute atomic E-state index is 12.3. The normalized spacial score (nSPS) is 10.4. The Hall–Kier alpha value is -2.75. The average Bonchev–Trinajstić information content (AvgIpc) is 2.92. The highest BCUT2D eigenvalue weighted by molar-refractivity contribution is 6.06. The molecule has 0 aliphatic heterocycles. The van der Waals surface area contributed by atoms with Crippen molar-refractivity contribution < 1.29 is 9.53 Å². The number of ether oxygens (including phenoxy) is 1. The van der Waals surface area contributed by atoms with E-state index in [4.69, 9.17) is 4.74 Å². The Bertz CT molecular complexity index is 729. The summed E-state index contributed by atoms with van der Waals surface area (Å²) in [6.45, 7) is 0. The van der Waals surface area contributed by atoms with Gasteiger partial charge in [0.2, 0.25) is 0 Å². The molecule has 1 amide bonds. The molecule has 1 aromatic heterocycles. The topological polar surface area (TPSA) is 54.1 Å². The van der Waals surface area contributed by atoms with E-state index in [1.54, 1.807) is 19.2 Å². The molecule has 1 heterocycles. The molecule has 0 aliphatic carbocycles. The molecule has 2 aromatic carbocycles. The van der Waals surface area contributed by atoms with Crippen LogP contribution in [0.25, 0.3) is 10.9 Å². The van der Waals surface area contributed by atoms with Gasteiger partial charge >= 0.3 is 0 Å². The Kier molecular flexibility index (Phi) is 3.13. The van der Waals surface area contributed by atoms with Crippen LogP contribution < -0.4 is 10.1 Å². The highest BCUT2D eigenvalue weighted by Crippen LogP contribution is 2.24. The van der Waals surface area contributed by atoms with Gasteiger partial charge in [-0.1, -0.05) is 30.3 Å². The second kappa shape index (κ2) is 5.09. The third-order valence-corrected chi connectivity index (χ3v) is 3.13. The molecule has 4 nitrogen and oxygen atoms in total. The smallest absolute Gasteiger partial charge is 0.272 e. The number of hydrogen-bond acceptors (Lipinski definition) is 2. The van der Waals surface area contributed by atoms with Crippen LogP contribution in [0.4, 0.5) is 5.69 Å². The van der Waals surface area contributed by atoms with Gasteiger partial charge in [-0.25, -0.2) is 0 Å². The summed E-state index contributed by atoms with van der Waals surface area (Å²) in [5.41, 5.74) is 2.12. The second-order valence-electron chi connectivity index (χ2n) is 4.42. The molecule has 0 bridgehead atoms. The standard InChI is InChI=1S/C16H14N2O2/c1-20-15-9-5-4-8-13(15)18-16(19)14-10-11-6-2-3-7-12(11)17-14/h2-10,17H,1H3,(H,18,19). The third kappa shape index (κ3) is 2.23. The zero-order valence-corrected chi connectivity index (χ0v) is 11.0. The molecule has 0 saturated carbocycles. The number of aromatic amines is 1. The SMILES string of the molecule is COc1ccccc1NC(=O)c1cc2ccccc2[nH]1. The molecular weight excluding hydrogens is 252 g/mol. The Labute approximate surface area is 116 Å². The quantitative estimate of drug-likeness (QED) is 0.763. The number of carbonyl (C=O) groups excluding carboxylic acids is 1. The highest BCUT2D eigenvalue weighted by Gasteiger charge is 2.11. The van der Waals surface area contributed by atoms with Gasteiger partial charge in [-0.05, 0) is 24.3 Å². The van der Waals surface area contributed by atoms with E-state index in [0.717, 1.165) is 10.9 Å². The van der Waals surface area contributed by atoms with Crippen LogP contribution in [0.1, 0.15) is 10.5 Å². The fraction of sp³-hybridized carbons (Fsp3) is 0.0625. The first-order valence-corrected chi connectivity index (χ1v) is 6.30. The van der Waals surface area contributed by atoms with E-state index in [0.29, 0.717) is 17.1 Å².